The molecule has 4 N–H and O–H groups in total. The summed E-state index contributed by atoms with van der Waals surface area (Å²) in [6.07, 6.45) is 1.08. The number of anilines is 1. The molecule has 1 rings (SSSR count). The van der Waals surface area contributed by atoms with Gasteiger partial charge in [0.2, 0.25) is 5.91 Å². The number of halogens is 2. The lowest BCUT2D eigenvalue weighted by Crippen LogP contribution is -2.35. The Morgan fingerprint density at radius 1 is 1.33 bits per heavy atom. The van der Waals surface area contributed by atoms with Crippen molar-refractivity contribution in [3.8, 4) is 0 Å². The predicted octanol–water partition coefficient (Wildman–Crippen LogP) is 2.61. The van der Waals surface area contributed by atoms with Crippen molar-refractivity contribution >= 4 is 40.7 Å². The smallest absolute Gasteiger partial charge is 0.251 e. The number of hydrogen-bond donors (Lipinski definition) is 3. The average Bonchev–Trinajstić information content (AvgIpc) is 2.43. The van der Waals surface area contributed by atoms with Gasteiger partial charge in [0.15, 0.2) is 0 Å². The molecule has 0 aliphatic carbocycles. The molecule has 0 saturated carbocycles. The molecule has 0 heterocycles. The SMILES string of the molecule is CCC(C)NC(=O)CCNC(=O)c1cc(N)c(Cl)c(Cl)c1. The standard InChI is InChI=1S/C14H19Cl2N3O2/c1-3-8(2)19-12(20)4-5-18-14(21)9-6-10(15)13(16)11(17)7-9/h6-8H,3-5,17H2,1-2H3,(H,18,21)(H,19,20). The van der Waals surface area contributed by atoms with E-state index in [-0.39, 0.29) is 46.6 Å². The predicted molar refractivity (Wildman–Crippen MR) is 85.7 cm³/mol. The van der Waals surface area contributed by atoms with Crippen LogP contribution in [0.5, 0.6) is 0 Å². The van der Waals surface area contributed by atoms with Crippen molar-refractivity contribution in [2.45, 2.75) is 32.7 Å². The maximum absolute atomic E-state index is 11.9. The van der Waals surface area contributed by atoms with E-state index in [1.165, 1.54) is 12.1 Å². The van der Waals surface area contributed by atoms with E-state index < -0.39 is 0 Å². The maximum atomic E-state index is 11.9. The third-order valence-electron chi connectivity index (χ3n) is 2.98. The summed E-state index contributed by atoms with van der Waals surface area (Å²) in [5.74, 6) is -0.449. The Morgan fingerprint density at radius 2 is 2.00 bits per heavy atom. The molecule has 116 valence electrons. The number of carbonyl (C=O) groups is 2. The van der Waals surface area contributed by atoms with Gasteiger partial charge in [0.25, 0.3) is 5.91 Å². The summed E-state index contributed by atoms with van der Waals surface area (Å²) in [7, 11) is 0. The first-order chi connectivity index (χ1) is 9.85. The molecule has 1 aromatic carbocycles. The van der Waals surface area contributed by atoms with E-state index in [1.807, 2.05) is 13.8 Å². The topological polar surface area (TPSA) is 84.2 Å². The fraction of sp³-hybridized carbons (Fsp3) is 0.429. The molecule has 1 unspecified atom stereocenters. The molecule has 0 saturated heterocycles. The lowest BCUT2D eigenvalue weighted by Gasteiger charge is -2.12. The molecule has 0 aliphatic rings. The summed E-state index contributed by atoms with van der Waals surface area (Å²) in [6, 6.07) is 3.01. The lowest BCUT2D eigenvalue weighted by atomic mass is 10.2. The van der Waals surface area contributed by atoms with Gasteiger partial charge in [0, 0.05) is 24.6 Å². The van der Waals surface area contributed by atoms with Gasteiger partial charge in [-0.3, -0.25) is 9.59 Å². The highest BCUT2D eigenvalue weighted by Gasteiger charge is 2.12. The Kier molecular flexibility index (Phi) is 6.78. The van der Waals surface area contributed by atoms with Crippen molar-refractivity contribution in [2.24, 2.45) is 0 Å². The van der Waals surface area contributed by atoms with Crippen LogP contribution in [0.15, 0.2) is 12.1 Å². The van der Waals surface area contributed by atoms with E-state index in [0.29, 0.717) is 5.56 Å². The van der Waals surface area contributed by atoms with Gasteiger partial charge in [-0.05, 0) is 25.5 Å². The minimum absolute atomic E-state index is 0.0988. The Morgan fingerprint density at radius 3 is 2.57 bits per heavy atom. The van der Waals surface area contributed by atoms with Gasteiger partial charge in [0.05, 0.1) is 15.7 Å². The van der Waals surface area contributed by atoms with Crippen LogP contribution in [0.1, 0.15) is 37.0 Å². The van der Waals surface area contributed by atoms with E-state index in [4.69, 9.17) is 28.9 Å². The van der Waals surface area contributed by atoms with E-state index in [1.54, 1.807) is 0 Å². The van der Waals surface area contributed by atoms with E-state index >= 15 is 0 Å². The van der Waals surface area contributed by atoms with Crippen molar-refractivity contribution < 1.29 is 9.59 Å². The number of rotatable bonds is 6. The number of hydrogen-bond acceptors (Lipinski definition) is 3. The molecule has 0 bridgehead atoms. The number of nitrogens with one attached hydrogen (secondary N) is 2. The zero-order chi connectivity index (χ0) is 16.0. The van der Waals surface area contributed by atoms with Crippen LogP contribution in [0.4, 0.5) is 5.69 Å². The van der Waals surface area contributed by atoms with Crippen LogP contribution in [0.3, 0.4) is 0 Å². The summed E-state index contributed by atoms with van der Waals surface area (Å²) < 4.78 is 0. The van der Waals surface area contributed by atoms with Gasteiger partial charge in [-0.2, -0.15) is 0 Å². The molecular weight excluding hydrogens is 313 g/mol. The Hall–Kier alpha value is -1.46. The second kappa shape index (κ2) is 8.10. The number of nitrogen functional groups attached to an aromatic ring is 1. The van der Waals surface area contributed by atoms with Crippen LogP contribution in [0.25, 0.3) is 0 Å². The molecule has 1 atom stereocenters. The van der Waals surface area contributed by atoms with Crippen molar-refractivity contribution in [2.75, 3.05) is 12.3 Å². The molecule has 0 aliphatic heterocycles. The number of nitrogens with two attached hydrogens (primary N) is 1. The van der Waals surface area contributed by atoms with Gasteiger partial charge in [0.1, 0.15) is 0 Å². The Bertz CT molecular complexity index is 512. The monoisotopic (exact) mass is 331 g/mol. The molecule has 0 aromatic heterocycles. The first kappa shape index (κ1) is 17.6. The third kappa shape index (κ3) is 5.44. The van der Waals surface area contributed by atoms with Crippen LogP contribution < -0.4 is 16.4 Å². The van der Waals surface area contributed by atoms with Crippen molar-refractivity contribution in [1.29, 1.82) is 0 Å². The molecule has 0 spiro atoms. The summed E-state index contributed by atoms with van der Waals surface area (Å²) >= 11 is 11.7. The lowest BCUT2D eigenvalue weighted by molar-refractivity contribution is -0.121. The fourth-order valence-electron chi connectivity index (χ4n) is 1.58. The largest absolute Gasteiger partial charge is 0.397 e. The van der Waals surface area contributed by atoms with Crippen LogP contribution in [0, 0.1) is 0 Å². The highest BCUT2D eigenvalue weighted by molar-refractivity contribution is 6.43. The fourth-order valence-corrected chi connectivity index (χ4v) is 1.92. The molecule has 5 nitrogen and oxygen atoms in total. The maximum Gasteiger partial charge on any atom is 0.251 e. The van der Waals surface area contributed by atoms with Gasteiger partial charge in [-0.15, -0.1) is 0 Å². The van der Waals surface area contributed by atoms with Gasteiger partial charge in [-0.25, -0.2) is 0 Å². The molecule has 0 radical (unpaired) electrons. The minimum Gasteiger partial charge on any atom is -0.397 e. The molecule has 7 heteroatoms. The van der Waals surface area contributed by atoms with Crippen LogP contribution >= 0.6 is 23.2 Å². The quantitative estimate of drug-likeness (QED) is 0.700. The number of amides is 2. The highest BCUT2D eigenvalue weighted by Crippen LogP contribution is 2.29. The molecule has 1 aromatic rings. The Labute approximate surface area is 134 Å². The van der Waals surface area contributed by atoms with Crippen LogP contribution in [-0.4, -0.2) is 24.4 Å². The zero-order valence-corrected chi connectivity index (χ0v) is 13.5. The average molecular weight is 332 g/mol. The molecule has 2 amide bonds. The molecule has 21 heavy (non-hydrogen) atoms. The zero-order valence-electron chi connectivity index (χ0n) is 12.0. The second-order valence-electron chi connectivity index (χ2n) is 4.74. The third-order valence-corrected chi connectivity index (χ3v) is 3.79. The summed E-state index contributed by atoms with van der Waals surface area (Å²) in [4.78, 5) is 23.5. The van der Waals surface area contributed by atoms with E-state index in [0.717, 1.165) is 6.42 Å². The summed E-state index contributed by atoms with van der Waals surface area (Å²) in [6.45, 7) is 4.15. The van der Waals surface area contributed by atoms with E-state index in [2.05, 4.69) is 10.6 Å². The highest BCUT2D eigenvalue weighted by atomic mass is 35.5. The molecule has 0 fully saturated rings. The summed E-state index contributed by atoms with van der Waals surface area (Å²) in [5, 5.41) is 5.90. The molecular formula is C14H19Cl2N3O2. The summed E-state index contributed by atoms with van der Waals surface area (Å²) in [5.41, 5.74) is 6.19. The van der Waals surface area contributed by atoms with Crippen molar-refractivity contribution in [3.63, 3.8) is 0 Å². The second-order valence-corrected chi connectivity index (χ2v) is 5.53. The van der Waals surface area contributed by atoms with Gasteiger partial charge in [-0.1, -0.05) is 30.1 Å². The minimum atomic E-state index is -0.350. The first-order valence-electron chi connectivity index (χ1n) is 6.67. The van der Waals surface area contributed by atoms with Gasteiger partial charge < -0.3 is 16.4 Å². The van der Waals surface area contributed by atoms with Crippen LogP contribution in [-0.2, 0) is 4.79 Å². The van der Waals surface area contributed by atoms with Crippen molar-refractivity contribution in [3.05, 3.63) is 27.7 Å². The van der Waals surface area contributed by atoms with Crippen molar-refractivity contribution in [1.82, 2.24) is 10.6 Å². The van der Waals surface area contributed by atoms with E-state index in [9.17, 15) is 9.59 Å². The Balaban J connectivity index is 2.50. The van der Waals surface area contributed by atoms with Crippen LogP contribution in [0.2, 0.25) is 10.0 Å². The van der Waals surface area contributed by atoms with Gasteiger partial charge >= 0.3 is 0 Å². The number of benzene rings is 1. The number of carbonyl (C=O) groups excluding carboxylic acids is 2. The first-order valence-corrected chi connectivity index (χ1v) is 7.42. The normalized spacial score (nSPS) is 11.8.